The molecule has 0 N–H and O–H groups in total. The van der Waals surface area contributed by atoms with Crippen LogP contribution in [-0.2, 0) is 6.54 Å². The van der Waals surface area contributed by atoms with Crippen molar-refractivity contribution in [1.29, 1.82) is 0 Å². The third-order valence-electron chi connectivity index (χ3n) is 2.03. The summed E-state index contributed by atoms with van der Waals surface area (Å²) in [5, 5.41) is 10.4. The molecule has 0 amide bonds. The highest BCUT2D eigenvalue weighted by atomic mass is 16.6. The van der Waals surface area contributed by atoms with Crippen LogP contribution in [0.4, 0.5) is 5.69 Å². The fourth-order valence-electron chi connectivity index (χ4n) is 1.28. The number of rotatable bonds is 3. The molecule has 0 fully saturated rings. The van der Waals surface area contributed by atoms with Crippen molar-refractivity contribution in [3.05, 3.63) is 58.7 Å². The van der Waals surface area contributed by atoms with Crippen molar-refractivity contribution in [2.45, 2.75) is 6.54 Å². The highest BCUT2D eigenvalue weighted by Crippen LogP contribution is 2.09. The molecule has 0 aromatic carbocycles. The van der Waals surface area contributed by atoms with Crippen LogP contribution in [0.15, 0.2) is 42.9 Å². The van der Waals surface area contributed by atoms with Gasteiger partial charge in [0.1, 0.15) is 6.20 Å². The Balaban J connectivity index is 2.14. The minimum atomic E-state index is -0.452. The van der Waals surface area contributed by atoms with E-state index >= 15 is 0 Å². The van der Waals surface area contributed by atoms with Gasteiger partial charge in [0.2, 0.25) is 0 Å². The van der Waals surface area contributed by atoms with Gasteiger partial charge in [-0.2, -0.15) is 0 Å². The van der Waals surface area contributed by atoms with Gasteiger partial charge in [0.15, 0.2) is 0 Å². The van der Waals surface area contributed by atoms with Gasteiger partial charge in [0.05, 0.1) is 17.2 Å². The Morgan fingerprint density at radius 1 is 1.33 bits per heavy atom. The monoisotopic (exact) mass is 203 g/mol. The van der Waals surface area contributed by atoms with Gasteiger partial charge in [0.25, 0.3) is 5.69 Å². The molecule has 0 atom stereocenters. The Kier molecular flexibility index (Phi) is 2.45. The van der Waals surface area contributed by atoms with E-state index < -0.39 is 4.92 Å². The Labute approximate surface area is 86.1 Å². The molecule has 0 spiro atoms. The molecule has 5 nitrogen and oxygen atoms in total. The van der Waals surface area contributed by atoms with Crippen LogP contribution >= 0.6 is 0 Å². The second-order valence-corrected chi connectivity index (χ2v) is 3.12. The van der Waals surface area contributed by atoms with Crippen molar-refractivity contribution in [2.75, 3.05) is 0 Å². The molecule has 76 valence electrons. The fourth-order valence-corrected chi connectivity index (χ4v) is 1.28. The molecule has 0 radical (unpaired) electrons. The van der Waals surface area contributed by atoms with Crippen LogP contribution < -0.4 is 0 Å². The first-order chi connectivity index (χ1) is 7.25. The zero-order valence-electron chi connectivity index (χ0n) is 7.91. The maximum atomic E-state index is 10.4. The summed E-state index contributed by atoms with van der Waals surface area (Å²) < 4.78 is 1.95. The molecule has 0 saturated heterocycles. The van der Waals surface area contributed by atoms with Crippen LogP contribution in [0.2, 0.25) is 0 Å². The quantitative estimate of drug-likeness (QED) is 0.564. The number of hydrogen-bond donors (Lipinski definition) is 0. The lowest BCUT2D eigenvalue weighted by atomic mass is 10.3. The summed E-state index contributed by atoms with van der Waals surface area (Å²) in [4.78, 5) is 13.9. The Morgan fingerprint density at radius 2 is 2.07 bits per heavy atom. The highest BCUT2D eigenvalue weighted by Gasteiger charge is 2.04. The lowest BCUT2D eigenvalue weighted by Gasteiger charge is -2.01. The van der Waals surface area contributed by atoms with E-state index in [0.717, 1.165) is 5.69 Å². The molecule has 15 heavy (non-hydrogen) atoms. The summed E-state index contributed by atoms with van der Waals surface area (Å²) in [6.45, 7) is 0.630. The molecular formula is C10H9N3O2. The van der Waals surface area contributed by atoms with E-state index in [2.05, 4.69) is 4.98 Å². The van der Waals surface area contributed by atoms with E-state index in [1.807, 2.05) is 29.1 Å². The maximum Gasteiger partial charge on any atom is 0.287 e. The number of hydrogen-bond acceptors (Lipinski definition) is 3. The zero-order chi connectivity index (χ0) is 10.7. The largest absolute Gasteiger partial charge is 0.348 e. The summed E-state index contributed by atoms with van der Waals surface area (Å²) in [6, 6.07) is 6.97. The summed E-state index contributed by atoms with van der Waals surface area (Å²) in [6.07, 6.45) is 5.12. The number of nitro groups is 1. The standard InChI is InChI=1S/C10H9N3O2/c14-13(15)10-4-3-9(11-7-10)8-12-5-1-2-6-12/h1-7H,8H2. The molecule has 0 aliphatic heterocycles. The Bertz CT molecular complexity index is 448. The van der Waals surface area contributed by atoms with Gasteiger partial charge >= 0.3 is 0 Å². The fraction of sp³-hybridized carbons (Fsp3) is 0.100. The molecule has 0 bridgehead atoms. The average molecular weight is 203 g/mol. The van der Waals surface area contributed by atoms with Gasteiger partial charge in [-0.15, -0.1) is 0 Å². The predicted molar refractivity (Wildman–Crippen MR) is 54.4 cm³/mol. The zero-order valence-corrected chi connectivity index (χ0v) is 7.91. The van der Waals surface area contributed by atoms with Gasteiger partial charge in [0, 0.05) is 18.5 Å². The van der Waals surface area contributed by atoms with Crippen LogP contribution in [0.5, 0.6) is 0 Å². The molecular weight excluding hydrogens is 194 g/mol. The van der Waals surface area contributed by atoms with Crippen LogP contribution in [0.1, 0.15) is 5.69 Å². The van der Waals surface area contributed by atoms with Crippen molar-refractivity contribution in [2.24, 2.45) is 0 Å². The normalized spacial score (nSPS) is 10.1. The van der Waals surface area contributed by atoms with Crippen molar-refractivity contribution < 1.29 is 4.92 Å². The first kappa shape index (κ1) is 9.39. The van der Waals surface area contributed by atoms with Crippen molar-refractivity contribution in [1.82, 2.24) is 9.55 Å². The van der Waals surface area contributed by atoms with Crippen molar-refractivity contribution in [3.63, 3.8) is 0 Å². The number of nitrogens with zero attached hydrogens (tertiary/aromatic N) is 3. The summed E-state index contributed by atoms with van der Waals surface area (Å²) in [5.41, 5.74) is 0.822. The van der Waals surface area contributed by atoms with Gasteiger partial charge in [-0.3, -0.25) is 15.1 Å². The molecule has 2 rings (SSSR count). The van der Waals surface area contributed by atoms with E-state index in [1.54, 1.807) is 6.07 Å². The van der Waals surface area contributed by atoms with Gasteiger partial charge in [-0.25, -0.2) is 0 Å². The van der Waals surface area contributed by atoms with E-state index in [-0.39, 0.29) is 5.69 Å². The molecule has 0 unspecified atom stereocenters. The van der Waals surface area contributed by atoms with Crippen LogP contribution in [0, 0.1) is 10.1 Å². The molecule has 2 aromatic rings. The first-order valence-electron chi connectivity index (χ1n) is 4.46. The third-order valence-corrected chi connectivity index (χ3v) is 2.03. The Morgan fingerprint density at radius 3 is 2.60 bits per heavy atom. The maximum absolute atomic E-state index is 10.4. The number of pyridine rings is 1. The summed E-state index contributed by atoms with van der Waals surface area (Å²) in [5.74, 6) is 0. The van der Waals surface area contributed by atoms with Crippen LogP contribution in [-0.4, -0.2) is 14.5 Å². The van der Waals surface area contributed by atoms with Gasteiger partial charge < -0.3 is 4.57 Å². The lowest BCUT2D eigenvalue weighted by Crippen LogP contribution is -1.99. The minimum Gasteiger partial charge on any atom is -0.348 e. The molecule has 2 heterocycles. The van der Waals surface area contributed by atoms with Crippen molar-refractivity contribution in [3.8, 4) is 0 Å². The lowest BCUT2D eigenvalue weighted by molar-refractivity contribution is -0.385. The minimum absolute atomic E-state index is 0.0197. The first-order valence-corrected chi connectivity index (χ1v) is 4.46. The second-order valence-electron chi connectivity index (χ2n) is 3.12. The van der Waals surface area contributed by atoms with E-state index in [1.165, 1.54) is 12.3 Å². The molecule has 0 aliphatic rings. The van der Waals surface area contributed by atoms with Crippen LogP contribution in [0.25, 0.3) is 0 Å². The van der Waals surface area contributed by atoms with Gasteiger partial charge in [-0.05, 0) is 18.2 Å². The molecule has 2 aromatic heterocycles. The predicted octanol–water partition coefficient (Wildman–Crippen LogP) is 1.84. The number of aromatic nitrogens is 2. The Hall–Kier alpha value is -2.17. The SMILES string of the molecule is O=[N+]([O-])c1ccc(Cn2cccc2)nc1. The molecule has 0 aliphatic carbocycles. The summed E-state index contributed by atoms with van der Waals surface area (Å²) >= 11 is 0. The van der Waals surface area contributed by atoms with Crippen LogP contribution in [0.3, 0.4) is 0 Å². The molecule has 5 heteroatoms. The highest BCUT2D eigenvalue weighted by molar-refractivity contribution is 5.26. The second kappa shape index (κ2) is 3.91. The molecule has 0 saturated carbocycles. The van der Waals surface area contributed by atoms with E-state index in [4.69, 9.17) is 0 Å². The third kappa shape index (κ3) is 2.19. The smallest absolute Gasteiger partial charge is 0.287 e. The van der Waals surface area contributed by atoms with Crippen molar-refractivity contribution >= 4 is 5.69 Å². The average Bonchev–Trinajstić information content (AvgIpc) is 2.71. The topological polar surface area (TPSA) is 61.0 Å². The summed E-state index contributed by atoms with van der Waals surface area (Å²) in [7, 11) is 0. The van der Waals surface area contributed by atoms with Gasteiger partial charge in [-0.1, -0.05) is 0 Å². The van der Waals surface area contributed by atoms with E-state index in [0.29, 0.717) is 6.54 Å². The van der Waals surface area contributed by atoms with E-state index in [9.17, 15) is 10.1 Å².